The number of carbonyl (C=O) groups is 1. The van der Waals surface area contributed by atoms with Gasteiger partial charge in [0.2, 0.25) is 0 Å². The Labute approximate surface area is 83.1 Å². The Hall–Kier alpha value is -0.640. The Morgan fingerprint density at radius 2 is 2.54 bits per heavy atom. The second-order valence-electron chi connectivity index (χ2n) is 2.82. The van der Waals surface area contributed by atoms with Gasteiger partial charge in [-0.1, -0.05) is 13.3 Å². The first kappa shape index (κ1) is 10.4. The van der Waals surface area contributed by atoms with Crippen LogP contribution in [0.5, 0.6) is 0 Å². The van der Waals surface area contributed by atoms with E-state index in [4.69, 9.17) is 4.74 Å². The molecule has 0 saturated carbocycles. The monoisotopic (exact) mass is 201 g/mol. The predicted molar refractivity (Wildman–Crippen MR) is 54.6 cm³/mol. The van der Waals surface area contributed by atoms with Crippen molar-refractivity contribution in [1.29, 1.82) is 0 Å². The summed E-state index contributed by atoms with van der Waals surface area (Å²) in [5.74, 6) is 1.12. The van der Waals surface area contributed by atoms with Crippen LogP contribution in [-0.2, 0) is 4.74 Å². The molecule has 1 aliphatic heterocycles. The lowest BCUT2D eigenvalue weighted by molar-refractivity contribution is 0.166. The van der Waals surface area contributed by atoms with Crippen LogP contribution in [0.2, 0.25) is 0 Å². The van der Waals surface area contributed by atoms with E-state index in [1.807, 2.05) is 5.41 Å². The van der Waals surface area contributed by atoms with Crippen LogP contribution in [-0.4, -0.2) is 29.9 Å². The average Bonchev–Trinajstić information content (AvgIpc) is 2.52. The van der Waals surface area contributed by atoms with Gasteiger partial charge in [-0.15, -0.1) is 11.8 Å². The minimum absolute atomic E-state index is 0.229. The second kappa shape index (κ2) is 5.91. The molecule has 3 nitrogen and oxygen atoms in total. The number of carbonyl (C=O) groups excluding carboxylic acids is 1. The number of hydrogen-bond donors (Lipinski definition) is 0. The first-order valence-corrected chi connectivity index (χ1v) is 5.61. The van der Waals surface area contributed by atoms with Gasteiger partial charge in [-0.25, -0.2) is 4.79 Å². The summed E-state index contributed by atoms with van der Waals surface area (Å²) in [7, 11) is 0. The maximum atomic E-state index is 10.9. The molecule has 1 amide bonds. The fourth-order valence-corrected chi connectivity index (χ4v) is 1.78. The fraction of sp³-hybridized carbons (Fsp3) is 0.667. The molecule has 0 aromatic carbocycles. The van der Waals surface area contributed by atoms with Gasteiger partial charge in [0.05, 0.1) is 6.54 Å². The molecule has 0 aromatic heterocycles. The first-order chi connectivity index (χ1) is 6.34. The molecular formula is C9H15NO2S. The van der Waals surface area contributed by atoms with Gasteiger partial charge in [0, 0.05) is 6.20 Å². The van der Waals surface area contributed by atoms with Crippen LogP contribution >= 0.6 is 11.8 Å². The summed E-state index contributed by atoms with van der Waals surface area (Å²) < 4.78 is 4.77. The number of nitrogens with zero attached hydrogens (tertiary/aromatic N) is 1. The summed E-state index contributed by atoms with van der Waals surface area (Å²) in [6.07, 6.45) is 4.01. The molecule has 0 N–H and O–H groups in total. The molecule has 1 heterocycles. The molecule has 0 aliphatic carbocycles. The zero-order valence-corrected chi connectivity index (χ0v) is 8.68. The summed E-state index contributed by atoms with van der Waals surface area (Å²) in [6, 6.07) is 0. The third kappa shape index (κ3) is 3.72. The quantitative estimate of drug-likeness (QED) is 0.640. The van der Waals surface area contributed by atoms with Crippen LogP contribution < -0.4 is 0 Å². The Morgan fingerprint density at radius 1 is 1.69 bits per heavy atom. The number of cyclic esters (lactones) is 1. The van der Waals surface area contributed by atoms with E-state index < -0.39 is 0 Å². The summed E-state index contributed by atoms with van der Waals surface area (Å²) >= 11 is 1.74. The summed E-state index contributed by atoms with van der Waals surface area (Å²) in [5.41, 5.74) is 0. The van der Waals surface area contributed by atoms with Gasteiger partial charge in [-0.3, -0.25) is 4.90 Å². The van der Waals surface area contributed by atoms with Crippen molar-refractivity contribution in [3.63, 3.8) is 0 Å². The minimum atomic E-state index is -0.229. The zero-order chi connectivity index (χ0) is 9.52. The lowest BCUT2D eigenvalue weighted by Crippen LogP contribution is -2.16. The maximum absolute atomic E-state index is 10.9. The van der Waals surface area contributed by atoms with E-state index in [-0.39, 0.29) is 6.09 Å². The van der Waals surface area contributed by atoms with Crippen LogP contribution in [0.3, 0.4) is 0 Å². The molecule has 0 unspecified atom stereocenters. The molecular weight excluding hydrogens is 186 g/mol. The molecule has 74 valence electrons. The smallest absolute Gasteiger partial charge is 0.413 e. The molecule has 4 heteroatoms. The Balaban J connectivity index is 2.12. The molecule has 0 spiro atoms. The molecule has 1 saturated heterocycles. The normalized spacial score (nSPS) is 17.0. The van der Waals surface area contributed by atoms with Crippen molar-refractivity contribution in [1.82, 2.24) is 4.90 Å². The molecule has 0 atom stereocenters. The molecule has 1 fully saturated rings. The van der Waals surface area contributed by atoms with Gasteiger partial charge < -0.3 is 4.74 Å². The van der Waals surface area contributed by atoms with Crippen LogP contribution in [0.1, 0.15) is 19.8 Å². The van der Waals surface area contributed by atoms with Gasteiger partial charge >= 0.3 is 6.09 Å². The summed E-state index contributed by atoms with van der Waals surface area (Å²) in [5, 5.41) is 1.96. The maximum Gasteiger partial charge on any atom is 0.413 e. The van der Waals surface area contributed by atoms with Crippen LogP contribution in [0.4, 0.5) is 4.79 Å². The largest absolute Gasteiger partial charge is 0.447 e. The van der Waals surface area contributed by atoms with Crippen molar-refractivity contribution in [2.24, 2.45) is 0 Å². The minimum Gasteiger partial charge on any atom is -0.447 e. The van der Waals surface area contributed by atoms with Crippen molar-refractivity contribution in [3.05, 3.63) is 11.6 Å². The number of hydrogen-bond acceptors (Lipinski definition) is 3. The zero-order valence-electron chi connectivity index (χ0n) is 7.86. The Bertz CT molecular complexity index is 194. The average molecular weight is 201 g/mol. The lowest BCUT2D eigenvalue weighted by atomic mass is 10.4. The van der Waals surface area contributed by atoms with Crippen LogP contribution in [0.25, 0.3) is 0 Å². The molecule has 0 radical (unpaired) electrons. The standard InChI is InChI=1S/C9H15NO2S/c1-2-3-7-13-8-5-10-4-6-12-9(10)11/h5,8H,2-4,6-7H2,1H3/b8-5-. The summed E-state index contributed by atoms with van der Waals surface area (Å²) in [4.78, 5) is 12.5. The van der Waals surface area contributed by atoms with E-state index in [1.165, 1.54) is 12.8 Å². The van der Waals surface area contributed by atoms with E-state index in [0.717, 1.165) is 5.75 Å². The fourth-order valence-electron chi connectivity index (χ4n) is 0.953. The topological polar surface area (TPSA) is 29.5 Å². The highest BCUT2D eigenvalue weighted by Crippen LogP contribution is 2.09. The number of thioether (sulfide) groups is 1. The van der Waals surface area contributed by atoms with E-state index in [2.05, 4.69) is 6.92 Å². The first-order valence-electron chi connectivity index (χ1n) is 4.56. The van der Waals surface area contributed by atoms with Crippen molar-refractivity contribution >= 4 is 17.9 Å². The highest BCUT2D eigenvalue weighted by atomic mass is 32.2. The van der Waals surface area contributed by atoms with Gasteiger partial charge in [0.15, 0.2) is 0 Å². The highest BCUT2D eigenvalue weighted by Gasteiger charge is 2.18. The number of unbranched alkanes of at least 4 members (excludes halogenated alkanes) is 1. The number of ether oxygens (including phenoxy) is 1. The molecule has 1 aliphatic rings. The molecule has 13 heavy (non-hydrogen) atoms. The van der Waals surface area contributed by atoms with Crippen LogP contribution in [0, 0.1) is 0 Å². The van der Waals surface area contributed by atoms with Gasteiger partial charge in [0.1, 0.15) is 6.61 Å². The third-order valence-electron chi connectivity index (χ3n) is 1.75. The predicted octanol–water partition coefficient (Wildman–Crippen LogP) is 2.44. The number of amides is 1. The van der Waals surface area contributed by atoms with E-state index in [1.54, 1.807) is 22.9 Å². The van der Waals surface area contributed by atoms with Crippen molar-refractivity contribution in [2.45, 2.75) is 19.8 Å². The van der Waals surface area contributed by atoms with E-state index >= 15 is 0 Å². The summed E-state index contributed by atoms with van der Waals surface area (Å²) in [6.45, 7) is 3.37. The van der Waals surface area contributed by atoms with Crippen molar-refractivity contribution in [3.8, 4) is 0 Å². The van der Waals surface area contributed by atoms with Gasteiger partial charge in [0.25, 0.3) is 0 Å². The molecule has 0 bridgehead atoms. The molecule has 0 aromatic rings. The number of rotatable bonds is 5. The third-order valence-corrected chi connectivity index (χ3v) is 2.58. The van der Waals surface area contributed by atoms with E-state index in [9.17, 15) is 4.79 Å². The Morgan fingerprint density at radius 3 is 3.15 bits per heavy atom. The SMILES string of the molecule is CCCCS/C=C\N1CCOC1=O. The van der Waals surface area contributed by atoms with E-state index in [0.29, 0.717) is 13.2 Å². The highest BCUT2D eigenvalue weighted by molar-refractivity contribution is 8.02. The van der Waals surface area contributed by atoms with Gasteiger partial charge in [-0.05, 0) is 17.6 Å². The van der Waals surface area contributed by atoms with Crippen molar-refractivity contribution < 1.29 is 9.53 Å². The Kier molecular flexibility index (Phi) is 4.75. The van der Waals surface area contributed by atoms with Gasteiger partial charge in [-0.2, -0.15) is 0 Å². The molecule has 1 rings (SSSR count). The lowest BCUT2D eigenvalue weighted by Gasteiger charge is -2.03. The van der Waals surface area contributed by atoms with Crippen molar-refractivity contribution in [2.75, 3.05) is 18.9 Å². The second-order valence-corrected chi connectivity index (χ2v) is 3.83. The van der Waals surface area contributed by atoms with Crippen LogP contribution in [0.15, 0.2) is 11.6 Å².